The van der Waals surface area contributed by atoms with Gasteiger partial charge in [-0.05, 0) is 43.9 Å². The van der Waals surface area contributed by atoms with E-state index in [4.69, 9.17) is 9.47 Å². The van der Waals surface area contributed by atoms with Crippen LogP contribution in [0.5, 0.6) is 5.75 Å². The van der Waals surface area contributed by atoms with E-state index in [0.29, 0.717) is 19.1 Å². The van der Waals surface area contributed by atoms with Crippen molar-refractivity contribution in [3.05, 3.63) is 29.8 Å². The highest BCUT2D eigenvalue weighted by atomic mass is 16.5. The minimum atomic E-state index is -0.126. The normalized spacial score (nSPS) is 15.7. The van der Waals surface area contributed by atoms with Gasteiger partial charge in [-0.2, -0.15) is 0 Å². The molecular formula is C16H23NO3. The van der Waals surface area contributed by atoms with Gasteiger partial charge in [0, 0.05) is 12.1 Å². The molecule has 0 bridgehead atoms. The van der Waals surface area contributed by atoms with Crippen LogP contribution in [0.2, 0.25) is 0 Å². The van der Waals surface area contributed by atoms with Gasteiger partial charge in [0.2, 0.25) is 0 Å². The molecule has 4 nitrogen and oxygen atoms in total. The molecule has 4 heteroatoms. The van der Waals surface area contributed by atoms with Gasteiger partial charge in [-0.25, -0.2) is 0 Å². The van der Waals surface area contributed by atoms with E-state index < -0.39 is 0 Å². The maximum Gasteiger partial charge on any atom is 0.307 e. The highest BCUT2D eigenvalue weighted by molar-refractivity contribution is 5.70. The smallest absolute Gasteiger partial charge is 0.307 e. The van der Waals surface area contributed by atoms with Crippen molar-refractivity contribution in [2.75, 3.05) is 13.7 Å². The van der Waals surface area contributed by atoms with Gasteiger partial charge in [0.25, 0.3) is 0 Å². The molecule has 20 heavy (non-hydrogen) atoms. The second kappa shape index (κ2) is 7.29. The fraction of sp³-hybridized carbons (Fsp3) is 0.562. The molecular weight excluding hydrogens is 254 g/mol. The molecule has 0 radical (unpaired) electrons. The van der Waals surface area contributed by atoms with E-state index in [-0.39, 0.29) is 12.0 Å². The van der Waals surface area contributed by atoms with Crippen molar-refractivity contribution in [1.29, 1.82) is 0 Å². The van der Waals surface area contributed by atoms with Crippen molar-refractivity contribution < 1.29 is 14.3 Å². The first-order valence-electron chi connectivity index (χ1n) is 7.26. The van der Waals surface area contributed by atoms with Crippen molar-refractivity contribution in [2.45, 2.75) is 44.7 Å². The summed E-state index contributed by atoms with van der Waals surface area (Å²) in [6.45, 7) is 2.28. The molecule has 1 aromatic rings. The van der Waals surface area contributed by atoms with Crippen molar-refractivity contribution >= 4 is 5.97 Å². The largest absolute Gasteiger partial charge is 0.497 e. The summed E-state index contributed by atoms with van der Waals surface area (Å²) in [6, 6.07) is 8.72. The minimum absolute atomic E-state index is 0.126. The molecule has 1 N–H and O–H groups in total. The van der Waals surface area contributed by atoms with Crippen LogP contribution in [0.1, 0.15) is 31.7 Å². The summed E-state index contributed by atoms with van der Waals surface area (Å²) in [4.78, 5) is 11.7. The van der Waals surface area contributed by atoms with Crippen LogP contribution in [0.25, 0.3) is 0 Å². The van der Waals surface area contributed by atoms with E-state index in [0.717, 1.165) is 12.2 Å². The average Bonchev–Trinajstić information content (AvgIpc) is 3.23. The first-order chi connectivity index (χ1) is 9.71. The number of ether oxygens (including phenoxy) is 2. The lowest BCUT2D eigenvalue weighted by Gasteiger charge is -2.18. The Kier molecular flexibility index (Phi) is 5.41. The number of esters is 1. The van der Waals surface area contributed by atoms with Crippen LogP contribution in [-0.4, -0.2) is 31.8 Å². The van der Waals surface area contributed by atoms with Crippen molar-refractivity contribution in [3.8, 4) is 5.75 Å². The molecule has 0 heterocycles. The number of carbonyl (C=O) groups excluding carboxylic acids is 1. The van der Waals surface area contributed by atoms with Gasteiger partial charge in [0.15, 0.2) is 0 Å². The molecule has 2 rings (SSSR count). The number of rotatable bonds is 8. The highest BCUT2D eigenvalue weighted by Gasteiger charge is 2.26. The predicted molar refractivity (Wildman–Crippen MR) is 77.9 cm³/mol. The van der Waals surface area contributed by atoms with Gasteiger partial charge in [0.1, 0.15) is 5.75 Å². The number of nitrogens with one attached hydrogen (secondary N) is 1. The van der Waals surface area contributed by atoms with Gasteiger partial charge in [-0.1, -0.05) is 12.1 Å². The maximum absolute atomic E-state index is 11.7. The van der Waals surface area contributed by atoms with E-state index in [2.05, 4.69) is 5.32 Å². The minimum Gasteiger partial charge on any atom is -0.497 e. The number of hydrogen-bond acceptors (Lipinski definition) is 4. The summed E-state index contributed by atoms with van der Waals surface area (Å²) in [7, 11) is 1.66. The highest BCUT2D eigenvalue weighted by Crippen LogP contribution is 2.21. The average molecular weight is 277 g/mol. The van der Waals surface area contributed by atoms with Crippen LogP contribution in [0.4, 0.5) is 0 Å². The van der Waals surface area contributed by atoms with Crippen LogP contribution in [-0.2, 0) is 16.0 Å². The Balaban J connectivity index is 1.92. The third-order valence-electron chi connectivity index (χ3n) is 3.41. The lowest BCUT2D eigenvalue weighted by molar-refractivity contribution is -0.143. The third kappa shape index (κ3) is 4.85. The fourth-order valence-corrected chi connectivity index (χ4v) is 2.24. The molecule has 110 valence electrons. The van der Waals surface area contributed by atoms with E-state index in [9.17, 15) is 4.79 Å². The quantitative estimate of drug-likeness (QED) is 0.741. The molecule has 0 saturated heterocycles. The molecule has 1 fully saturated rings. The zero-order valence-corrected chi connectivity index (χ0v) is 12.2. The maximum atomic E-state index is 11.7. The van der Waals surface area contributed by atoms with E-state index >= 15 is 0 Å². The molecule has 1 atom stereocenters. The summed E-state index contributed by atoms with van der Waals surface area (Å²) in [6.07, 6.45) is 3.68. The molecule has 1 unspecified atom stereocenters. The SMILES string of the molecule is CCOC(=O)CC(Cc1ccc(OC)cc1)NC1CC1. The number of carbonyl (C=O) groups is 1. The molecule has 0 amide bonds. The summed E-state index contributed by atoms with van der Waals surface area (Å²) in [5.41, 5.74) is 1.20. The molecule has 0 aliphatic heterocycles. The fourth-order valence-electron chi connectivity index (χ4n) is 2.24. The predicted octanol–water partition coefficient (Wildman–Crippen LogP) is 2.31. The van der Waals surface area contributed by atoms with E-state index in [1.54, 1.807) is 7.11 Å². The summed E-state index contributed by atoms with van der Waals surface area (Å²) >= 11 is 0. The Morgan fingerprint density at radius 2 is 2.05 bits per heavy atom. The van der Waals surface area contributed by atoms with E-state index in [1.165, 1.54) is 18.4 Å². The number of benzene rings is 1. The molecule has 1 aliphatic rings. The zero-order chi connectivity index (χ0) is 14.4. The monoisotopic (exact) mass is 277 g/mol. The van der Waals surface area contributed by atoms with Crippen LogP contribution in [0.3, 0.4) is 0 Å². The van der Waals surface area contributed by atoms with E-state index in [1.807, 2.05) is 31.2 Å². The Morgan fingerprint density at radius 1 is 1.35 bits per heavy atom. The van der Waals surface area contributed by atoms with Gasteiger partial charge in [-0.15, -0.1) is 0 Å². The Bertz CT molecular complexity index is 426. The first-order valence-corrected chi connectivity index (χ1v) is 7.26. The molecule has 0 spiro atoms. The first kappa shape index (κ1) is 14.9. The molecule has 1 saturated carbocycles. The van der Waals surface area contributed by atoms with Gasteiger partial charge < -0.3 is 14.8 Å². The Morgan fingerprint density at radius 3 is 2.60 bits per heavy atom. The summed E-state index contributed by atoms with van der Waals surface area (Å²) < 4.78 is 10.2. The zero-order valence-electron chi connectivity index (χ0n) is 12.2. The van der Waals surface area contributed by atoms with Gasteiger partial charge in [-0.3, -0.25) is 4.79 Å². The van der Waals surface area contributed by atoms with Gasteiger partial charge in [0.05, 0.1) is 20.1 Å². The van der Waals surface area contributed by atoms with Gasteiger partial charge >= 0.3 is 5.97 Å². The Labute approximate surface area is 120 Å². The van der Waals surface area contributed by atoms with Crippen LogP contribution >= 0.6 is 0 Å². The van der Waals surface area contributed by atoms with Crippen molar-refractivity contribution in [2.24, 2.45) is 0 Å². The standard InChI is InChI=1S/C16H23NO3/c1-3-20-16(18)11-14(17-13-6-7-13)10-12-4-8-15(19-2)9-5-12/h4-5,8-9,13-14,17H,3,6-7,10-11H2,1-2H3. The second-order valence-electron chi connectivity index (χ2n) is 5.20. The third-order valence-corrected chi connectivity index (χ3v) is 3.41. The number of methoxy groups -OCH3 is 1. The van der Waals surface area contributed by atoms with Crippen LogP contribution in [0.15, 0.2) is 24.3 Å². The topological polar surface area (TPSA) is 47.6 Å². The molecule has 0 aromatic heterocycles. The van der Waals surface area contributed by atoms with Crippen molar-refractivity contribution in [1.82, 2.24) is 5.32 Å². The lowest BCUT2D eigenvalue weighted by atomic mass is 10.0. The molecule has 1 aliphatic carbocycles. The molecule has 1 aromatic carbocycles. The van der Waals surface area contributed by atoms with Crippen LogP contribution < -0.4 is 10.1 Å². The van der Waals surface area contributed by atoms with Crippen LogP contribution in [0, 0.1) is 0 Å². The number of hydrogen-bond donors (Lipinski definition) is 1. The van der Waals surface area contributed by atoms with Crippen molar-refractivity contribution in [3.63, 3.8) is 0 Å². The summed E-state index contributed by atoms with van der Waals surface area (Å²) in [5, 5.41) is 3.53. The summed E-state index contributed by atoms with van der Waals surface area (Å²) in [5.74, 6) is 0.727. The Hall–Kier alpha value is -1.55. The lowest BCUT2D eigenvalue weighted by Crippen LogP contribution is -2.35. The second-order valence-corrected chi connectivity index (χ2v) is 5.20.